The summed E-state index contributed by atoms with van der Waals surface area (Å²) in [6.45, 7) is 8.63. The van der Waals surface area contributed by atoms with Crippen molar-refractivity contribution in [3.05, 3.63) is 30.3 Å². The van der Waals surface area contributed by atoms with Crippen LogP contribution in [0.3, 0.4) is 0 Å². The van der Waals surface area contributed by atoms with Gasteiger partial charge in [0, 0.05) is 6.04 Å². The lowest BCUT2D eigenvalue weighted by Crippen LogP contribution is -2.33. The highest BCUT2D eigenvalue weighted by atomic mass is 16.5. The second-order valence-corrected chi connectivity index (χ2v) is 4.67. The van der Waals surface area contributed by atoms with Crippen molar-refractivity contribution >= 4 is 0 Å². The van der Waals surface area contributed by atoms with Gasteiger partial charge in [-0.2, -0.15) is 0 Å². The summed E-state index contributed by atoms with van der Waals surface area (Å²) < 4.78 is 5.70. The Kier molecular flexibility index (Phi) is 6.71. The highest BCUT2D eigenvalue weighted by Gasteiger charge is 2.10. The van der Waals surface area contributed by atoms with Crippen LogP contribution in [0.15, 0.2) is 30.3 Å². The summed E-state index contributed by atoms with van der Waals surface area (Å²) in [4.78, 5) is 0. The van der Waals surface area contributed by atoms with Crippen LogP contribution in [-0.2, 0) is 0 Å². The van der Waals surface area contributed by atoms with Gasteiger partial charge >= 0.3 is 0 Å². The summed E-state index contributed by atoms with van der Waals surface area (Å²) in [5, 5.41) is 3.53. The zero-order valence-electron chi connectivity index (χ0n) is 11.3. The van der Waals surface area contributed by atoms with Crippen molar-refractivity contribution in [3.63, 3.8) is 0 Å². The van der Waals surface area contributed by atoms with Crippen molar-refractivity contribution < 1.29 is 4.74 Å². The Bertz CT molecular complexity index is 286. The summed E-state index contributed by atoms with van der Waals surface area (Å²) in [7, 11) is 0. The molecule has 0 heterocycles. The van der Waals surface area contributed by atoms with Gasteiger partial charge in [0.2, 0.25) is 0 Å². The number of hydrogen-bond acceptors (Lipinski definition) is 2. The number of rotatable bonds is 8. The van der Waals surface area contributed by atoms with Crippen LogP contribution in [0.5, 0.6) is 5.75 Å². The first-order chi connectivity index (χ1) is 8.24. The minimum Gasteiger partial charge on any atom is -0.494 e. The molecule has 0 saturated carbocycles. The quantitative estimate of drug-likeness (QED) is 0.745. The molecule has 1 rings (SSSR count). The molecule has 0 spiro atoms. The van der Waals surface area contributed by atoms with Crippen LogP contribution in [0.2, 0.25) is 0 Å². The van der Waals surface area contributed by atoms with Crippen molar-refractivity contribution in [1.29, 1.82) is 0 Å². The Morgan fingerprint density at radius 1 is 1.18 bits per heavy atom. The van der Waals surface area contributed by atoms with E-state index >= 15 is 0 Å². The molecule has 0 aliphatic rings. The molecule has 2 unspecified atom stereocenters. The van der Waals surface area contributed by atoms with Crippen LogP contribution in [0.1, 0.15) is 33.6 Å². The van der Waals surface area contributed by atoms with Gasteiger partial charge in [0.15, 0.2) is 0 Å². The third-order valence-corrected chi connectivity index (χ3v) is 3.15. The molecule has 1 N–H and O–H groups in total. The summed E-state index contributed by atoms with van der Waals surface area (Å²) in [5.74, 6) is 1.61. The zero-order valence-corrected chi connectivity index (χ0v) is 11.3. The third-order valence-electron chi connectivity index (χ3n) is 3.15. The van der Waals surface area contributed by atoms with Gasteiger partial charge < -0.3 is 10.1 Å². The van der Waals surface area contributed by atoms with E-state index in [9.17, 15) is 0 Å². The average Bonchev–Trinajstić information content (AvgIpc) is 2.37. The van der Waals surface area contributed by atoms with Crippen molar-refractivity contribution in [3.8, 4) is 5.75 Å². The molecule has 2 heteroatoms. The largest absolute Gasteiger partial charge is 0.494 e. The van der Waals surface area contributed by atoms with E-state index in [-0.39, 0.29) is 0 Å². The number of benzene rings is 1. The number of nitrogens with one attached hydrogen (secondary N) is 1. The van der Waals surface area contributed by atoms with Gasteiger partial charge in [-0.1, -0.05) is 32.0 Å². The van der Waals surface area contributed by atoms with Crippen molar-refractivity contribution in [2.75, 3.05) is 13.2 Å². The molecular weight excluding hydrogens is 210 g/mol. The molecule has 0 radical (unpaired) electrons. The molecule has 2 atom stereocenters. The summed E-state index contributed by atoms with van der Waals surface area (Å²) >= 11 is 0. The Hall–Kier alpha value is -1.02. The minimum absolute atomic E-state index is 0.564. The first-order valence-corrected chi connectivity index (χ1v) is 6.65. The molecule has 0 aliphatic heterocycles. The predicted octanol–water partition coefficient (Wildman–Crippen LogP) is 3.48. The highest BCUT2D eigenvalue weighted by molar-refractivity contribution is 5.20. The number of ether oxygens (including phenoxy) is 1. The van der Waals surface area contributed by atoms with Crippen molar-refractivity contribution in [2.24, 2.45) is 5.92 Å². The maximum Gasteiger partial charge on any atom is 0.119 e. The van der Waals surface area contributed by atoms with E-state index in [0.717, 1.165) is 25.3 Å². The normalized spacial score (nSPS) is 14.3. The lowest BCUT2D eigenvalue weighted by Gasteiger charge is -2.21. The third kappa shape index (κ3) is 5.73. The standard InChI is InChI=1S/C15H25NO/c1-4-11-16-14(3)13(2)10-12-17-15-8-6-5-7-9-15/h5-9,13-14,16H,4,10-12H2,1-3H3. The van der Waals surface area contributed by atoms with Crippen LogP contribution in [0, 0.1) is 5.92 Å². The Labute approximate surface area is 105 Å². The molecular formula is C15H25NO. The zero-order chi connectivity index (χ0) is 12.5. The van der Waals surface area contributed by atoms with E-state index in [1.165, 1.54) is 6.42 Å². The van der Waals surface area contributed by atoms with Gasteiger partial charge in [0.05, 0.1) is 6.61 Å². The maximum atomic E-state index is 5.70. The topological polar surface area (TPSA) is 21.3 Å². The minimum atomic E-state index is 0.564. The Balaban J connectivity index is 2.17. The van der Waals surface area contributed by atoms with Gasteiger partial charge in [0.1, 0.15) is 5.75 Å². The molecule has 0 amide bonds. The smallest absolute Gasteiger partial charge is 0.119 e. The van der Waals surface area contributed by atoms with Gasteiger partial charge in [-0.15, -0.1) is 0 Å². The van der Waals surface area contributed by atoms with E-state index < -0.39 is 0 Å². The summed E-state index contributed by atoms with van der Waals surface area (Å²) in [6.07, 6.45) is 2.28. The fraction of sp³-hybridized carbons (Fsp3) is 0.600. The Morgan fingerprint density at radius 3 is 2.53 bits per heavy atom. The molecule has 96 valence electrons. The van der Waals surface area contributed by atoms with Gasteiger partial charge in [0.25, 0.3) is 0 Å². The van der Waals surface area contributed by atoms with Crippen LogP contribution in [-0.4, -0.2) is 19.2 Å². The summed E-state index contributed by atoms with van der Waals surface area (Å²) in [6, 6.07) is 10.6. The number of para-hydroxylation sites is 1. The fourth-order valence-electron chi connectivity index (χ4n) is 1.70. The highest BCUT2D eigenvalue weighted by Crippen LogP contribution is 2.12. The van der Waals surface area contributed by atoms with Gasteiger partial charge in [-0.3, -0.25) is 0 Å². The monoisotopic (exact) mass is 235 g/mol. The van der Waals surface area contributed by atoms with E-state index in [1.54, 1.807) is 0 Å². The van der Waals surface area contributed by atoms with Gasteiger partial charge in [-0.05, 0) is 44.4 Å². The van der Waals surface area contributed by atoms with Crippen molar-refractivity contribution in [1.82, 2.24) is 5.32 Å². The van der Waals surface area contributed by atoms with Gasteiger partial charge in [-0.25, -0.2) is 0 Å². The molecule has 1 aromatic carbocycles. The predicted molar refractivity (Wildman–Crippen MR) is 73.5 cm³/mol. The molecule has 17 heavy (non-hydrogen) atoms. The van der Waals surface area contributed by atoms with Crippen LogP contribution in [0.25, 0.3) is 0 Å². The SMILES string of the molecule is CCCNC(C)C(C)CCOc1ccccc1. The fourth-order valence-corrected chi connectivity index (χ4v) is 1.70. The second kappa shape index (κ2) is 8.13. The van der Waals surface area contributed by atoms with Crippen molar-refractivity contribution in [2.45, 2.75) is 39.7 Å². The molecule has 0 bridgehead atoms. The van der Waals surface area contributed by atoms with E-state index in [1.807, 2.05) is 30.3 Å². The molecule has 2 nitrogen and oxygen atoms in total. The maximum absolute atomic E-state index is 5.70. The van der Waals surface area contributed by atoms with Crippen LogP contribution >= 0.6 is 0 Å². The van der Waals surface area contributed by atoms with E-state index in [0.29, 0.717) is 12.0 Å². The van der Waals surface area contributed by atoms with E-state index in [4.69, 9.17) is 4.74 Å². The average molecular weight is 235 g/mol. The second-order valence-electron chi connectivity index (χ2n) is 4.67. The molecule has 0 fully saturated rings. The van der Waals surface area contributed by atoms with Crippen LogP contribution < -0.4 is 10.1 Å². The number of hydrogen-bond donors (Lipinski definition) is 1. The molecule has 0 saturated heterocycles. The lowest BCUT2D eigenvalue weighted by molar-refractivity contribution is 0.261. The van der Waals surface area contributed by atoms with Crippen LogP contribution in [0.4, 0.5) is 0 Å². The lowest BCUT2D eigenvalue weighted by atomic mass is 10.0. The van der Waals surface area contributed by atoms with E-state index in [2.05, 4.69) is 26.1 Å². The molecule has 1 aromatic rings. The molecule has 0 aliphatic carbocycles. The first-order valence-electron chi connectivity index (χ1n) is 6.65. The first kappa shape index (κ1) is 14.0. The summed E-state index contributed by atoms with van der Waals surface area (Å²) in [5.41, 5.74) is 0. The Morgan fingerprint density at radius 2 is 1.88 bits per heavy atom. The molecule has 0 aromatic heterocycles.